The molecule has 0 bridgehead atoms. The molecular weight excluding hydrogens is 338 g/mol. The van der Waals surface area contributed by atoms with Crippen molar-refractivity contribution >= 4 is 23.8 Å². The Hall–Kier alpha value is -2.31. The third-order valence-electron chi connectivity index (χ3n) is 4.14. The van der Waals surface area contributed by atoms with Gasteiger partial charge in [-0.15, -0.1) is 0 Å². The average molecular weight is 357 g/mol. The number of hydrogen-bond acceptors (Lipinski definition) is 5. The van der Waals surface area contributed by atoms with E-state index in [1.807, 2.05) is 42.5 Å². The molecule has 3 rings (SSSR count). The predicted octanol–water partition coefficient (Wildman–Crippen LogP) is 3.22. The van der Waals surface area contributed by atoms with E-state index in [9.17, 15) is 9.59 Å². The molecule has 6 heteroatoms. The van der Waals surface area contributed by atoms with Gasteiger partial charge in [0.1, 0.15) is 6.04 Å². The van der Waals surface area contributed by atoms with Gasteiger partial charge in [-0.05, 0) is 35.2 Å². The summed E-state index contributed by atoms with van der Waals surface area (Å²) in [5.41, 5.74) is 2.56. The zero-order valence-electron chi connectivity index (χ0n) is 14.0. The Morgan fingerprint density at radius 2 is 1.76 bits per heavy atom. The van der Waals surface area contributed by atoms with Crippen LogP contribution >= 0.6 is 11.9 Å². The van der Waals surface area contributed by atoms with Crippen LogP contribution in [0.3, 0.4) is 0 Å². The topological polar surface area (TPSA) is 55.8 Å². The fraction of sp³-hybridized carbons (Fsp3) is 0.263. The Morgan fingerprint density at radius 3 is 2.36 bits per heavy atom. The Balaban J connectivity index is 1.74. The lowest BCUT2D eigenvalue weighted by Gasteiger charge is -2.45. The van der Waals surface area contributed by atoms with Crippen molar-refractivity contribution in [1.29, 1.82) is 0 Å². The molecule has 2 aromatic rings. The van der Waals surface area contributed by atoms with Crippen molar-refractivity contribution < 1.29 is 19.1 Å². The van der Waals surface area contributed by atoms with Gasteiger partial charge in [-0.25, -0.2) is 4.79 Å². The van der Waals surface area contributed by atoms with Crippen molar-refractivity contribution in [2.75, 3.05) is 14.2 Å². The maximum absolute atomic E-state index is 12.3. The molecule has 0 aromatic heterocycles. The molecule has 1 aliphatic rings. The number of ether oxygens (including phenoxy) is 2. The number of carbonyl (C=O) groups is 2. The van der Waals surface area contributed by atoms with Crippen LogP contribution in [0.4, 0.5) is 0 Å². The first-order chi connectivity index (χ1) is 12.2. The van der Waals surface area contributed by atoms with Crippen LogP contribution in [-0.4, -0.2) is 36.5 Å². The minimum absolute atomic E-state index is 0.0366. The molecule has 2 aromatic carbocycles. The van der Waals surface area contributed by atoms with Gasteiger partial charge in [-0.2, -0.15) is 0 Å². The number of hydrogen-bond donors (Lipinski definition) is 0. The molecule has 1 aliphatic heterocycles. The minimum atomic E-state index is -0.493. The minimum Gasteiger partial charge on any atom is -0.465 e. The molecule has 0 aliphatic carbocycles. The van der Waals surface area contributed by atoms with E-state index in [1.54, 1.807) is 16.4 Å². The maximum atomic E-state index is 12.3. The first-order valence-corrected chi connectivity index (χ1v) is 8.81. The van der Waals surface area contributed by atoms with Gasteiger partial charge < -0.3 is 9.47 Å². The smallest absolute Gasteiger partial charge is 0.337 e. The maximum Gasteiger partial charge on any atom is 0.337 e. The van der Waals surface area contributed by atoms with E-state index in [0.717, 1.165) is 11.1 Å². The Morgan fingerprint density at radius 1 is 1.08 bits per heavy atom. The van der Waals surface area contributed by atoms with Crippen molar-refractivity contribution in [3.63, 3.8) is 0 Å². The van der Waals surface area contributed by atoms with Crippen LogP contribution in [0.1, 0.15) is 27.5 Å². The monoisotopic (exact) mass is 357 g/mol. The molecule has 5 nitrogen and oxygen atoms in total. The fourth-order valence-corrected chi connectivity index (χ4v) is 3.88. The van der Waals surface area contributed by atoms with Gasteiger partial charge in [-0.3, -0.25) is 9.10 Å². The third kappa shape index (κ3) is 3.55. The summed E-state index contributed by atoms with van der Waals surface area (Å²) in [6, 6.07) is 16.9. The molecule has 0 N–H and O–H groups in total. The van der Waals surface area contributed by atoms with Gasteiger partial charge in [0.25, 0.3) is 5.91 Å². The van der Waals surface area contributed by atoms with Crippen LogP contribution in [-0.2, 0) is 20.0 Å². The summed E-state index contributed by atoms with van der Waals surface area (Å²) in [5, 5.41) is 0. The number of nitrogens with zero attached hydrogens (tertiary/aromatic N) is 1. The summed E-state index contributed by atoms with van der Waals surface area (Å²) in [4.78, 5) is 23.9. The summed E-state index contributed by atoms with van der Waals surface area (Å²) in [5.74, 6) is 0.292. The van der Waals surface area contributed by atoms with E-state index in [4.69, 9.17) is 9.47 Å². The molecule has 0 saturated carbocycles. The summed E-state index contributed by atoms with van der Waals surface area (Å²) in [6.07, 6.45) is -0.493. The molecule has 1 saturated heterocycles. The van der Waals surface area contributed by atoms with Crippen LogP contribution in [0.15, 0.2) is 54.6 Å². The van der Waals surface area contributed by atoms with E-state index >= 15 is 0 Å². The normalized spacial score (nSPS) is 19.4. The number of methoxy groups -OCH3 is 2. The van der Waals surface area contributed by atoms with Crippen LogP contribution in [0.5, 0.6) is 0 Å². The molecular formula is C19H19NO4S. The molecule has 1 heterocycles. The van der Waals surface area contributed by atoms with E-state index in [2.05, 4.69) is 0 Å². The highest BCUT2D eigenvalue weighted by Gasteiger charge is 2.49. The zero-order chi connectivity index (χ0) is 17.8. The first kappa shape index (κ1) is 17.5. The number of esters is 1. The van der Waals surface area contributed by atoms with Crippen molar-refractivity contribution in [2.24, 2.45) is 0 Å². The molecule has 0 radical (unpaired) electrons. The SMILES string of the molecule is COC(=O)c1ccc(C2C(OC)C(=O)N2SCc2ccccc2)cc1. The molecule has 25 heavy (non-hydrogen) atoms. The van der Waals surface area contributed by atoms with Gasteiger partial charge in [0, 0.05) is 12.9 Å². The van der Waals surface area contributed by atoms with E-state index in [-0.39, 0.29) is 17.9 Å². The number of amides is 1. The molecule has 1 amide bonds. The second-order valence-corrected chi connectivity index (χ2v) is 6.58. The Bertz CT molecular complexity index is 748. The lowest BCUT2D eigenvalue weighted by Crippen LogP contribution is -2.56. The second kappa shape index (κ2) is 7.72. The average Bonchev–Trinajstić information content (AvgIpc) is 2.66. The summed E-state index contributed by atoms with van der Waals surface area (Å²) in [7, 11) is 2.89. The summed E-state index contributed by atoms with van der Waals surface area (Å²) < 4.78 is 11.8. The Kier molecular flexibility index (Phi) is 5.40. The highest BCUT2D eigenvalue weighted by molar-refractivity contribution is 7.96. The first-order valence-electron chi connectivity index (χ1n) is 7.86. The number of carbonyl (C=O) groups excluding carboxylic acids is 2. The van der Waals surface area contributed by atoms with Crippen molar-refractivity contribution in [1.82, 2.24) is 4.31 Å². The molecule has 2 unspecified atom stereocenters. The Labute approximate surface area is 151 Å². The molecule has 130 valence electrons. The predicted molar refractivity (Wildman–Crippen MR) is 95.9 cm³/mol. The number of benzene rings is 2. The van der Waals surface area contributed by atoms with Crippen LogP contribution in [0.2, 0.25) is 0 Å². The number of β-lactam (4-membered cyclic amide) rings is 1. The fourth-order valence-electron chi connectivity index (χ4n) is 2.77. The van der Waals surface area contributed by atoms with Crippen LogP contribution < -0.4 is 0 Å². The quantitative estimate of drug-likeness (QED) is 0.451. The second-order valence-electron chi connectivity index (χ2n) is 5.64. The highest BCUT2D eigenvalue weighted by Crippen LogP contribution is 2.42. The van der Waals surface area contributed by atoms with Crippen molar-refractivity contribution in [3.8, 4) is 0 Å². The number of rotatable bonds is 6. The van der Waals surface area contributed by atoms with Gasteiger partial charge >= 0.3 is 5.97 Å². The molecule has 0 spiro atoms. The van der Waals surface area contributed by atoms with E-state index in [0.29, 0.717) is 11.3 Å². The van der Waals surface area contributed by atoms with E-state index < -0.39 is 6.10 Å². The van der Waals surface area contributed by atoms with Gasteiger partial charge in [0.15, 0.2) is 6.10 Å². The lowest BCUT2D eigenvalue weighted by atomic mass is 9.93. The van der Waals surface area contributed by atoms with Gasteiger partial charge in [-0.1, -0.05) is 42.5 Å². The molecule has 1 fully saturated rings. The highest BCUT2D eigenvalue weighted by atomic mass is 32.2. The van der Waals surface area contributed by atoms with Crippen LogP contribution in [0.25, 0.3) is 0 Å². The van der Waals surface area contributed by atoms with Gasteiger partial charge in [0.2, 0.25) is 0 Å². The third-order valence-corrected chi connectivity index (χ3v) is 5.29. The van der Waals surface area contributed by atoms with E-state index in [1.165, 1.54) is 26.2 Å². The largest absolute Gasteiger partial charge is 0.465 e. The summed E-state index contributed by atoms with van der Waals surface area (Å²) in [6.45, 7) is 0. The van der Waals surface area contributed by atoms with Gasteiger partial charge in [0.05, 0.1) is 12.7 Å². The molecule has 2 atom stereocenters. The lowest BCUT2D eigenvalue weighted by molar-refractivity contribution is -0.158. The van der Waals surface area contributed by atoms with Crippen molar-refractivity contribution in [2.45, 2.75) is 17.9 Å². The van der Waals surface area contributed by atoms with Crippen molar-refractivity contribution in [3.05, 3.63) is 71.3 Å². The zero-order valence-corrected chi connectivity index (χ0v) is 14.9. The summed E-state index contributed by atoms with van der Waals surface area (Å²) >= 11 is 1.47. The van der Waals surface area contributed by atoms with Crippen LogP contribution in [0, 0.1) is 0 Å². The standard InChI is InChI=1S/C19H19NO4S/c1-23-17-16(14-8-10-15(11-9-14)19(22)24-2)20(18(17)21)25-12-13-6-4-3-5-7-13/h3-11,16-17H,12H2,1-2H3.